The van der Waals surface area contributed by atoms with Crippen LogP contribution in [-0.2, 0) is 13.1 Å². The quantitative estimate of drug-likeness (QED) is 0.712. The van der Waals surface area contributed by atoms with Crippen LogP contribution in [0.15, 0.2) is 59.5 Å². The zero-order valence-electron chi connectivity index (χ0n) is 13.2. The third-order valence-electron chi connectivity index (χ3n) is 4.60. The van der Waals surface area contributed by atoms with Crippen LogP contribution < -0.4 is 0 Å². The molecule has 124 valence electrons. The van der Waals surface area contributed by atoms with Crippen molar-refractivity contribution >= 4 is 0 Å². The van der Waals surface area contributed by atoms with Gasteiger partial charge < -0.3 is 8.98 Å². The highest BCUT2D eigenvalue weighted by Gasteiger charge is 2.30. The summed E-state index contributed by atoms with van der Waals surface area (Å²) in [7, 11) is 0. The number of halogens is 2. The Hall–Kier alpha value is -2.40. The van der Waals surface area contributed by atoms with E-state index in [1.54, 1.807) is 24.7 Å². The molecule has 4 rings (SSSR count). The Kier molecular flexibility index (Phi) is 3.94. The molecule has 0 saturated heterocycles. The SMILES string of the molecule is Fc1cccc(C2c3cccn3CCCN2Cc2ccoc2)c1F. The summed E-state index contributed by atoms with van der Waals surface area (Å²) < 4.78 is 35.7. The monoisotopic (exact) mass is 328 g/mol. The molecule has 0 radical (unpaired) electrons. The van der Waals surface area contributed by atoms with E-state index < -0.39 is 11.6 Å². The summed E-state index contributed by atoms with van der Waals surface area (Å²) in [6.45, 7) is 2.30. The van der Waals surface area contributed by atoms with Crippen LogP contribution >= 0.6 is 0 Å². The lowest BCUT2D eigenvalue weighted by atomic mass is 10.0. The second-order valence-electron chi connectivity index (χ2n) is 6.13. The lowest BCUT2D eigenvalue weighted by Crippen LogP contribution is -2.30. The molecule has 0 N–H and O–H groups in total. The molecule has 1 atom stereocenters. The summed E-state index contributed by atoms with van der Waals surface area (Å²) in [6.07, 6.45) is 6.28. The molecule has 5 heteroatoms. The van der Waals surface area contributed by atoms with Gasteiger partial charge in [-0.15, -0.1) is 0 Å². The summed E-state index contributed by atoms with van der Waals surface area (Å²) >= 11 is 0. The van der Waals surface area contributed by atoms with Gasteiger partial charge in [0.25, 0.3) is 0 Å². The fraction of sp³-hybridized carbons (Fsp3) is 0.263. The van der Waals surface area contributed by atoms with Crippen molar-refractivity contribution in [2.75, 3.05) is 6.54 Å². The topological polar surface area (TPSA) is 21.3 Å². The predicted octanol–water partition coefficient (Wildman–Crippen LogP) is 4.35. The molecule has 0 fully saturated rings. The van der Waals surface area contributed by atoms with Crippen molar-refractivity contribution < 1.29 is 13.2 Å². The molecule has 1 aromatic carbocycles. The largest absolute Gasteiger partial charge is 0.472 e. The lowest BCUT2D eigenvalue weighted by molar-refractivity contribution is 0.215. The van der Waals surface area contributed by atoms with Gasteiger partial charge >= 0.3 is 0 Å². The normalized spacial score (nSPS) is 18.3. The van der Waals surface area contributed by atoms with Crippen molar-refractivity contribution in [1.82, 2.24) is 9.47 Å². The zero-order valence-corrected chi connectivity index (χ0v) is 13.2. The Balaban J connectivity index is 1.81. The van der Waals surface area contributed by atoms with Crippen molar-refractivity contribution in [3.63, 3.8) is 0 Å². The first-order chi connectivity index (χ1) is 11.7. The fourth-order valence-electron chi connectivity index (χ4n) is 3.51. The molecule has 3 heterocycles. The molecule has 1 aliphatic heterocycles. The molecule has 0 saturated carbocycles. The van der Waals surface area contributed by atoms with E-state index in [2.05, 4.69) is 9.47 Å². The van der Waals surface area contributed by atoms with Gasteiger partial charge in [0.2, 0.25) is 0 Å². The van der Waals surface area contributed by atoms with Crippen molar-refractivity contribution in [3.8, 4) is 0 Å². The van der Waals surface area contributed by atoms with Crippen LogP contribution in [0.3, 0.4) is 0 Å². The van der Waals surface area contributed by atoms with Gasteiger partial charge in [-0.2, -0.15) is 0 Å². The molecule has 2 aromatic heterocycles. The molecular weight excluding hydrogens is 310 g/mol. The number of aryl methyl sites for hydroxylation is 1. The Morgan fingerprint density at radius 3 is 2.83 bits per heavy atom. The highest BCUT2D eigenvalue weighted by molar-refractivity contribution is 5.31. The van der Waals surface area contributed by atoms with E-state index in [9.17, 15) is 8.78 Å². The van der Waals surface area contributed by atoms with Crippen LogP contribution in [0.25, 0.3) is 0 Å². The maximum absolute atomic E-state index is 14.5. The van der Waals surface area contributed by atoms with Crippen LogP contribution in [0.4, 0.5) is 8.78 Å². The van der Waals surface area contributed by atoms with Crippen LogP contribution in [0.2, 0.25) is 0 Å². The van der Waals surface area contributed by atoms with Gasteiger partial charge in [-0.05, 0) is 30.7 Å². The third-order valence-corrected chi connectivity index (χ3v) is 4.60. The minimum absolute atomic E-state index is 0.326. The summed E-state index contributed by atoms with van der Waals surface area (Å²) in [4.78, 5) is 2.18. The molecule has 0 bridgehead atoms. The predicted molar refractivity (Wildman–Crippen MR) is 86.4 cm³/mol. The third kappa shape index (κ3) is 2.65. The van der Waals surface area contributed by atoms with Crippen LogP contribution in [0.5, 0.6) is 0 Å². The number of furan rings is 1. The average molecular weight is 328 g/mol. The smallest absolute Gasteiger partial charge is 0.163 e. The number of hydrogen-bond acceptors (Lipinski definition) is 2. The second-order valence-corrected chi connectivity index (χ2v) is 6.13. The molecule has 0 aliphatic carbocycles. The molecule has 0 amide bonds. The minimum atomic E-state index is -0.807. The van der Waals surface area contributed by atoms with E-state index >= 15 is 0 Å². The number of rotatable bonds is 3. The van der Waals surface area contributed by atoms with Gasteiger partial charge in [-0.1, -0.05) is 12.1 Å². The van der Waals surface area contributed by atoms with Gasteiger partial charge in [0.05, 0.1) is 18.6 Å². The summed E-state index contributed by atoms with van der Waals surface area (Å²) in [6, 6.07) is 9.94. The molecule has 0 spiro atoms. The van der Waals surface area contributed by atoms with Gasteiger partial charge in [0.1, 0.15) is 0 Å². The number of nitrogens with zero attached hydrogens (tertiary/aromatic N) is 2. The summed E-state index contributed by atoms with van der Waals surface area (Å²) in [5, 5.41) is 0. The highest BCUT2D eigenvalue weighted by Crippen LogP contribution is 2.34. The molecule has 1 unspecified atom stereocenters. The zero-order chi connectivity index (χ0) is 16.5. The lowest BCUT2D eigenvalue weighted by Gasteiger charge is -2.30. The van der Waals surface area contributed by atoms with Crippen molar-refractivity contribution in [1.29, 1.82) is 0 Å². The van der Waals surface area contributed by atoms with E-state index in [0.717, 1.165) is 36.8 Å². The maximum atomic E-state index is 14.5. The molecular formula is C19H18F2N2O. The van der Waals surface area contributed by atoms with Gasteiger partial charge in [-0.3, -0.25) is 4.90 Å². The Morgan fingerprint density at radius 1 is 1.08 bits per heavy atom. The number of hydrogen-bond donors (Lipinski definition) is 0. The number of fused-ring (bicyclic) bond motifs is 1. The van der Waals surface area contributed by atoms with Crippen molar-refractivity contribution in [3.05, 3.63) is 83.6 Å². The van der Waals surface area contributed by atoms with Crippen molar-refractivity contribution in [2.24, 2.45) is 0 Å². The number of aromatic nitrogens is 1. The van der Waals surface area contributed by atoms with Crippen LogP contribution in [0.1, 0.15) is 29.3 Å². The van der Waals surface area contributed by atoms with E-state index in [0.29, 0.717) is 12.1 Å². The van der Waals surface area contributed by atoms with E-state index in [4.69, 9.17) is 4.42 Å². The second kappa shape index (κ2) is 6.24. The van der Waals surface area contributed by atoms with E-state index in [1.807, 2.05) is 24.4 Å². The average Bonchev–Trinajstić information content (AvgIpc) is 3.21. The Morgan fingerprint density at radius 2 is 2.00 bits per heavy atom. The standard InChI is InChI=1S/C19H18F2N2O/c20-16-5-1-4-15(18(16)21)19-17-6-2-8-22(17)9-3-10-23(19)12-14-7-11-24-13-14/h1-2,4-8,11,13,19H,3,9-10,12H2. The molecule has 3 nitrogen and oxygen atoms in total. The molecule has 24 heavy (non-hydrogen) atoms. The fourth-order valence-corrected chi connectivity index (χ4v) is 3.51. The highest BCUT2D eigenvalue weighted by atomic mass is 19.2. The number of benzene rings is 1. The Labute approximate surface area is 139 Å². The summed E-state index contributed by atoms with van der Waals surface area (Å²) in [5.41, 5.74) is 2.39. The van der Waals surface area contributed by atoms with Crippen LogP contribution in [0, 0.1) is 11.6 Å². The first kappa shape index (κ1) is 15.1. The maximum Gasteiger partial charge on any atom is 0.163 e. The van der Waals surface area contributed by atoms with Crippen molar-refractivity contribution in [2.45, 2.75) is 25.6 Å². The van der Waals surface area contributed by atoms with E-state index in [1.165, 1.54) is 0 Å². The molecule has 1 aliphatic rings. The van der Waals surface area contributed by atoms with Gasteiger partial charge in [0.15, 0.2) is 11.6 Å². The first-order valence-electron chi connectivity index (χ1n) is 8.08. The first-order valence-corrected chi connectivity index (χ1v) is 8.08. The summed E-state index contributed by atoms with van der Waals surface area (Å²) in [5.74, 6) is -1.58. The van der Waals surface area contributed by atoms with Gasteiger partial charge in [-0.25, -0.2) is 8.78 Å². The van der Waals surface area contributed by atoms with E-state index in [-0.39, 0.29) is 6.04 Å². The Bertz CT molecular complexity index is 826. The van der Waals surface area contributed by atoms with Crippen LogP contribution in [-0.4, -0.2) is 16.0 Å². The van der Waals surface area contributed by atoms with Gasteiger partial charge in [0, 0.05) is 42.7 Å². The molecule has 3 aromatic rings. The minimum Gasteiger partial charge on any atom is -0.472 e.